The minimum atomic E-state index is -1.20. The first-order valence-corrected chi connectivity index (χ1v) is 6.30. The number of amides is 2. The van der Waals surface area contributed by atoms with Gasteiger partial charge in [0.15, 0.2) is 6.04 Å². The maximum Gasteiger partial charge on any atom is 0.328 e. The maximum absolute atomic E-state index is 11.8. The summed E-state index contributed by atoms with van der Waals surface area (Å²) in [5.74, 6) is -2.20. The third-order valence-corrected chi connectivity index (χ3v) is 2.69. The van der Waals surface area contributed by atoms with Gasteiger partial charge >= 0.3 is 5.97 Å². The summed E-state index contributed by atoms with van der Waals surface area (Å²) in [6.45, 7) is 1.45. The third kappa shape index (κ3) is 5.62. The van der Waals surface area contributed by atoms with Crippen LogP contribution in [0.15, 0.2) is 24.3 Å². The molecule has 7 nitrogen and oxygen atoms in total. The molecule has 0 spiro atoms. The lowest BCUT2D eigenvalue weighted by Crippen LogP contribution is -2.47. The second-order valence-corrected chi connectivity index (χ2v) is 4.46. The lowest BCUT2D eigenvalue weighted by Gasteiger charge is -2.13. The molecule has 3 N–H and O–H groups in total. The molecule has 0 fully saturated rings. The molecule has 0 heterocycles. The molecule has 0 saturated heterocycles. The number of ether oxygens (including phenoxy) is 1. The van der Waals surface area contributed by atoms with Crippen LogP contribution in [-0.2, 0) is 14.3 Å². The topological polar surface area (TPSA) is 105 Å². The number of benzene rings is 1. The molecule has 1 aromatic carbocycles. The monoisotopic (exact) mass is 294 g/mol. The Bertz CT molecular complexity index is 513. The molecule has 114 valence electrons. The highest BCUT2D eigenvalue weighted by Crippen LogP contribution is 2.02. The Morgan fingerprint density at radius 3 is 2.38 bits per heavy atom. The van der Waals surface area contributed by atoms with Crippen molar-refractivity contribution in [2.24, 2.45) is 0 Å². The van der Waals surface area contributed by atoms with Crippen LogP contribution in [0.2, 0.25) is 0 Å². The molecule has 1 rings (SSSR count). The number of hydrogen-bond donors (Lipinski definition) is 3. The van der Waals surface area contributed by atoms with Crippen LogP contribution in [-0.4, -0.2) is 49.2 Å². The number of carboxylic acid groups (broad SMARTS) is 1. The smallest absolute Gasteiger partial charge is 0.328 e. The minimum Gasteiger partial charge on any atom is -0.480 e. The Labute approximate surface area is 122 Å². The molecule has 2 amide bonds. The first kappa shape index (κ1) is 16.6. The standard InChI is InChI=1S/C14H18N2O5/c1-9-3-5-10(6-4-9)13(18)15-7-12(17)16-11(8-21-2)14(19)20/h3-6,11H,7-8H2,1-2H3,(H,15,18)(H,16,17)(H,19,20). The summed E-state index contributed by atoms with van der Waals surface area (Å²) in [4.78, 5) is 34.2. The molecule has 1 unspecified atom stereocenters. The molecule has 0 aliphatic carbocycles. The van der Waals surface area contributed by atoms with Crippen LogP contribution in [0.25, 0.3) is 0 Å². The van der Waals surface area contributed by atoms with E-state index in [1.54, 1.807) is 24.3 Å². The van der Waals surface area contributed by atoms with Crippen LogP contribution in [0.3, 0.4) is 0 Å². The average molecular weight is 294 g/mol. The zero-order valence-corrected chi connectivity index (χ0v) is 11.9. The maximum atomic E-state index is 11.8. The molecule has 21 heavy (non-hydrogen) atoms. The summed E-state index contributed by atoms with van der Waals surface area (Å²) < 4.78 is 4.69. The first-order valence-electron chi connectivity index (χ1n) is 6.30. The molecule has 1 aromatic rings. The van der Waals surface area contributed by atoms with Crippen LogP contribution >= 0.6 is 0 Å². The van der Waals surface area contributed by atoms with Crippen LogP contribution in [0, 0.1) is 6.92 Å². The summed E-state index contributed by atoms with van der Waals surface area (Å²) >= 11 is 0. The number of nitrogens with one attached hydrogen (secondary N) is 2. The van der Waals surface area contributed by atoms with Crippen molar-refractivity contribution < 1.29 is 24.2 Å². The fourth-order valence-corrected chi connectivity index (χ4v) is 1.55. The number of methoxy groups -OCH3 is 1. The fraction of sp³-hybridized carbons (Fsp3) is 0.357. The highest BCUT2D eigenvalue weighted by molar-refractivity contribution is 5.96. The summed E-state index contributed by atoms with van der Waals surface area (Å²) in [5, 5.41) is 13.5. The second-order valence-electron chi connectivity index (χ2n) is 4.46. The Morgan fingerprint density at radius 1 is 1.24 bits per heavy atom. The van der Waals surface area contributed by atoms with Crippen molar-refractivity contribution in [1.29, 1.82) is 0 Å². The van der Waals surface area contributed by atoms with E-state index in [-0.39, 0.29) is 13.2 Å². The Morgan fingerprint density at radius 2 is 1.86 bits per heavy atom. The molecule has 0 bridgehead atoms. The highest BCUT2D eigenvalue weighted by atomic mass is 16.5. The molecular weight excluding hydrogens is 276 g/mol. The number of aliphatic carboxylic acids is 1. The van der Waals surface area contributed by atoms with E-state index in [1.165, 1.54) is 7.11 Å². The first-order chi connectivity index (χ1) is 9.93. The summed E-state index contributed by atoms with van der Waals surface area (Å²) in [6, 6.07) is 5.72. The van der Waals surface area contributed by atoms with Crippen LogP contribution in [0.4, 0.5) is 0 Å². The van der Waals surface area contributed by atoms with E-state index in [0.29, 0.717) is 5.56 Å². The summed E-state index contributed by atoms with van der Waals surface area (Å²) in [5.41, 5.74) is 1.45. The van der Waals surface area contributed by atoms with E-state index >= 15 is 0 Å². The Hall–Kier alpha value is -2.41. The van der Waals surface area contributed by atoms with Crippen LogP contribution in [0.1, 0.15) is 15.9 Å². The summed E-state index contributed by atoms with van der Waals surface area (Å²) in [6.07, 6.45) is 0. The zero-order valence-electron chi connectivity index (χ0n) is 11.9. The molecule has 0 saturated carbocycles. The van der Waals surface area contributed by atoms with Gasteiger partial charge in [0.1, 0.15) is 0 Å². The van der Waals surface area contributed by atoms with Gasteiger partial charge in [0, 0.05) is 12.7 Å². The van der Waals surface area contributed by atoms with Gasteiger partial charge in [-0.15, -0.1) is 0 Å². The lowest BCUT2D eigenvalue weighted by atomic mass is 10.1. The number of aryl methyl sites for hydroxylation is 1. The largest absolute Gasteiger partial charge is 0.480 e. The van der Waals surface area contributed by atoms with Gasteiger partial charge in [-0.3, -0.25) is 9.59 Å². The normalized spacial score (nSPS) is 11.5. The van der Waals surface area contributed by atoms with E-state index in [1.807, 2.05) is 6.92 Å². The van der Waals surface area contributed by atoms with Crippen molar-refractivity contribution in [3.8, 4) is 0 Å². The van der Waals surface area contributed by atoms with Crippen molar-refractivity contribution in [2.75, 3.05) is 20.3 Å². The quantitative estimate of drug-likeness (QED) is 0.653. The van der Waals surface area contributed by atoms with Gasteiger partial charge < -0.3 is 20.5 Å². The summed E-state index contributed by atoms with van der Waals surface area (Å²) in [7, 11) is 1.33. The van der Waals surface area contributed by atoms with E-state index < -0.39 is 23.8 Å². The second kappa shape index (κ2) is 8.01. The van der Waals surface area contributed by atoms with E-state index in [9.17, 15) is 14.4 Å². The van der Waals surface area contributed by atoms with Gasteiger partial charge in [0.05, 0.1) is 13.2 Å². The molecular formula is C14H18N2O5. The van der Waals surface area contributed by atoms with Crippen molar-refractivity contribution >= 4 is 17.8 Å². The molecule has 7 heteroatoms. The van der Waals surface area contributed by atoms with Crippen LogP contribution in [0.5, 0.6) is 0 Å². The lowest BCUT2D eigenvalue weighted by molar-refractivity contribution is -0.143. The van der Waals surface area contributed by atoms with E-state index in [4.69, 9.17) is 5.11 Å². The molecule has 0 aliphatic heterocycles. The predicted octanol–water partition coefficient (Wildman–Crippen LogP) is -0.0594. The SMILES string of the molecule is COCC(NC(=O)CNC(=O)c1ccc(C)cc1)C(=O)O. The van der Waals surface area contributed by atoms with Gasteiger partial charge in [0.2, 0.25) is 5.91 Å². The highest BCUT2D eigenvalue weighted by Gasteiger charge is 2.19. The molecule has 0 radical (unpaired) electrons. The Kier molecular flexibility index (Phi) is 6.35. The van der Waals surface area contributed by atoms with Gasteiger partial charge in [-0.25, -0.2) is 4.79 Å². The van der Waals surface area contributed by atoms with Crippen molar-refractivity contribution in [3.05, 3.63) is 35.4 Å². The van der Waals surface area contributed by atoms with Crippen molar-refractivity contribution in [3.63, 3.8) is 0 Å². The number of rotatable bonds is 7. The van der Waals surface area contributed by atoms with Crippen molar-refractivity contribution in [2.45, 2.75) is 13.0 Å². The number of hydrogen-bond acceptors (Lipinski definition) is 4. The predicted molar refractivity (Wildman–Crippen MR) is 75.0 cm³/mol. The zero-order chi connectivity index (χ0) is 15.8. The number of carbonyl (C=O) groups is 3. The van der Waals surface area contributed by atoms with Gasteiger partial charge in [-0.05, 0) is 19.1 Å². The Balaban J connectivity index is 2.46. The molecule has 0 aliphatic rings. The number of carboxylic acids is 1. The molecule has 0 aromatic heterocycles. The fourth-order valence-electron chi connectivity index (χ4n) is 1.55. The van der Waals surface area contributed by atoms with Gasteiger partial charge in [-0.2, -0.15) is 0 Å². The average Bonchev–Trinajstić information content (AvgIpc) is 2.45. The van der Waals surface area contributed by atoms with Crippen LogP contribution < -0.4 is 10.6 Å². The molecule has 1 atom stereocenters. The minimum absolute atomic E-state index is 0.146. The number of carbonyl (C=O) groups excluding carboxylic acids is 2. The van der Waals surface area contributed by atoms with E-state index in [0.717, 1.165) is 5.56 Å². The third-order valence-electron chi connectivity index (χ3n) is 2.69. The van der Waals surface area contributed by atoms with Crippen molar-refractivity contribution in [1.82, 2.24) is 10.6 Å². The van der Waals surface area contributed by atoms with Gasteiger partial charge in [-0.1, -0.05) is 17.7 Å². The van der Waals surface area contributed by atoms with E-state index in [2.05, 4.69) is 15.4 Å². The van der Waals surface area contributed by atoms with Gasteiger partial charge in [0.25, 0.3) is 5.91 Å².